The van der Waals surface area contributed by atoms with Crippen LogP contribution in [-0.4, -0.2) is 6.04 Å². The lowest BCUT2D eigenvalue weighted by atomic mass is 10.0. The summed E-state index contributed by atoms with van der Waals surface area (Å²) in [7, 11) is 0. The summed E-state index contributed by atoms with van der Waals surface area (Å²) >= 11 is 3.55. The van der Waals surface area contributed by atoms with Gasteiger partial charge in [-0.1, -0.05) is 55.0 Å². The molecule has 0 heterocycles. The molecule has 0 amide bonds. The van der Waals surface area contributed by atoms with E-state index >= 15 is 0 Å². The number of benzene rings is 1. The fraction of sp³-hybridized carbons (Fsp3) is 0.647. The molecule has 0 fully saturated rings. The van der Waals surface area contributed by atoms with Crippen LogP contribution in [0.1, 0.15) is 63.5 Å². The summed E-state index contributed by atoms with van der Waals surface area (Å²) in [4.78, 5) is 0. The standard InChI is InChI=1S/C17H28BrN/c1-5-6-7-8-9-10-15(4)19-17-13(2)11-16(18)12-14(17)3/h11-12,15,19H,5-10H2,1-4H3. The summed E-state index contributed by atoms with van der Waals surface area (Å²) in [5.41, 5.74) is 3.96. The molecule has 1 aromatic carbocycles. The Morgan fingerprint density at radius 1 is 1.05 bits per heavy atom. The molecular weight excluding hydrogens is 298 g/mol. The third-order valence-electron chi connectivity index (χ3n) is 3.63. The predicted molar refractivity (Wildman–Crippen MR) is 90.1 cm³/mol. The highest BCUT2D eigenvalue weighted by molar-refractivity contribution is 9.10. The Kier molecular flexibility index (Phi) is 7.52. The SMILES string of the molecule is CCCCCCCC(C)Nc1c(C)cc(Br)cc1C. The van der Waals surface area contributed by atoms with E-state index in [1.165, 1.54) is 59.8 Å². The fourth-order valence-electron chi connectivity index (χ4n) is 2.51. The minimum atomic E-state index is 0.556. The highest BCUT2D eigenvalue weighted by atomic mass is 79.9. The normalized spacial score (nSPS) is 12.5. The molecule has 1 N–H and O–H groups in total. The minimum absolute atomic E-state index is 0.556. The van der Waals surface area contributed by atoms with E-state index in [-0.39, 0.29) is 0 Å². The average Bonchev–Trinajstić information content (AvgIpc) is 2.33. The molecule has 0 aromatic heterocycles. The van der Waals surface area contributed by atoms with Gasteiger partial charge in [-0.3, -0.25) is 0 Å². The molecule has 0 radical (unpaired) electrons. The zero-order valence-corrected chi connectivity index (χ0v) is 14.4. The van der Waals surface area contributed by atoms with E-state index in [9.17, 15) is 0 Å². The van der Waals surface area contributed by atoms with Gasteiger partial charge in [0.15, 0.2) is 0 Å². The first-order valence-corrected chi connectivity index (χ1v) is 8.37. The van der Waals surface area contributed by atoms with E-state index in [4.69, 9.17) is 0 Å². The summed E-state index contributed by atoms with van der Waals surface area (Å²) in [6.45, 7) is 8.91. The van der Waals surface area contributed by atoms with Crippen LogP contribution in [0.25, 0.3) is 0 Å². The van der Waals surface area contributed by atoms with Crippen molar-refractivity contribution >= 4 is 21.6 Å². The molecule has 0 bridgehead atoms. The van der Waals surface area contributed by atoms with Gasteiger partial charge in [-0.15, -0.1) is 0 Å². The van der Waals surface area contributed by atoms with Gasteiger partial charge < -0.3 is 5.32 Å². The highest BCUT2D eigenvalue weighted by Crippen LogP contribution is 2.26. The lowest BCUT2D eigenvalue weighted by molar-refractivity contribution is 0.578. The van der Waals surface area contributed by atoms with Gasteiger partial charge in [-0.2, -0.15) is 0 Å². The number of anilines is 1. The molecule has 1 nitrogen and oxygen atoms in total. The molecule has 1 unspecified atom stereocenters. The van der Waals surface area contributed by atoms with Crippen molar-refractivity contribution in [2.75, 3.05) is 5.32 Å². The molecule has 1 aromatic rings. The molecule has 0 aliphatic heterocycles. The van der Waals surface area contributed by atoms with Crippen LogP contribution < -0.4 is 5.32 Å². The summed E-state index contributed by atoms with van der Waals surface area (Å²) in [5, 5.41) is 3.68. The lowest BCUT2D eigenvalue weighted by Crippen LogP contribution is -2.16. The molecule has 0 aliphatic carbocycles. The molecule has 19 heavy (non-hydrogen) atoms. The molecule has 1 rings (SSSR count). The molecular formula is C17H28BrN. The Balaban J connectivity index is 2.42. The maximum Gasteiger partial charge on any atom is 0.0402 e. The number of hydrogen-bond donors (Lipinski definition) is 1. The number of halogens is 1. The van der Waals surface area contributed by atoms with Crippen LogP contribution in [0.4, 0.5) is 5.69 Å². The number of nitrogens with one attached hydrogen (secondary N) is 1. The monoisotopic (exact) mass is 325 g/mol. The number of hydrogen-bond acceptors (Lipinski definition) is 1. The zero-order chi connectivity index (χ0) is 14.3. The number of aryl methyl sites for hydroxylation is 2. The maximum atomic E-state index is 3.68. The van der Waals surface area contributed by atoms with Gasteiger partial charge in [0, 0.05) is 16.2 Å². The van der Waals surface area contributed by atoms with Gasteiger partial charge >= 0.3 is 0 Å². The Hall–Kier alpha value is -0.500. The van der Waals surface area contributed by atoms with E-state index in [1.54, 1.807) is 0 Å². The van der Waals surface area contributed by atoms with Crippen LogP contribution in [-0.2, 0) is 0 Å². The molecule has 0 saturated carbocycles. The Morgan fingerprint density at radius 3 is 2.21 bits per heavy atom. The number of rotatable bonds is 8. The lowest BCUT2D eigenvalue weighted by Gasteiger charge is -2.19. The maximum absolute atomic E-state index is 3.68. The Morgan fingerprint density at radius 2 is 1.63 bits per heavy atom. The van der Waals surface area contributed by atoms with Crippen molar-refractivity contribution in [2.45, 2.75) is 72.3 Å². The van der Waals surface area contributed by atoms with E-state index in [2.05, 4.69) is 61.1 Å². The molecule has 0 spiro atoms. The second-order valence-electron chi connectivity index (χ2n) is 5.66. The van der Waals surface area contributed by atoms with Gasteiger partial charge in [0.1, 0.15) is 0 Å². The highest BCUT2D eigenvalue weighted by Gasteiger charge is 2.07. The van der Waals surface area contributed by atoms with E-state index in [0.717, 1.165) is 0 Å². The van der Waals surface area contributed by atoms with Gasteiger partial charge in [0.05, 0.1) is 0 Å². The summed E-state index contributed by atoms with van der Waals surface area (Å²) in [6.07, 6.45) is 8.07. The third kappa shape index (κ3) is 5.99. The quantitative estimate of drug-likeness (QED) is 0.559. The molecule has 0 saturated heterocycles. The Bertz CT molecular complexity index is 364. The van der Waals surface area contributed by atoms with Crippen LogP contribution in [0.15, 0.2) is 16.6 Å². The second-order valence-corrected chi connectivity index (χ2v) is 6.58. The van der Waals surface area contributed by atoms with Crippen molar-refractivity contribution in [1.82, 2.24) is 0 Å². The molecule has 1 atom stereocenters. The Labute approximate surface area is 127 Å². The van der Waals surface area contributed by atoms with Gasteiger partial charge in [-0.25, -0.2) is 0 Å². The predicted octanol–water partition coefficient (Wildman–Crippen LogP) is 6.23. The number of unbranched alkanes of at least 4 members (excludes halogenated alkanes) is 4. The van der Waals surface area contributed by atoms with E-state index in [0.29, 0.717) is 6.04 Å². The summed E-state index contributed by atoms with van der Waals surface area (Å²) in [5.74, 6) is 0. The van der Waals surface area contributed by atoms with Crippen molar-refractivity contribution in [2.24, 2.45) is 0 Å². The van der Waals surface area contributed by atoms with Crippen molar-refractivity contribution in [3.63, 3.8) is 0 Å². The molecule has 0 aliphatic rings. The van der Waals surface area contributed by atoms with Crippen molar-refractivity contribution in [1.29, 1.82) is 0 Å². The molecule has 2 heteroatoms. The van der Waals surface area contributed by atoms with Crippen LogP contribution >= 0.6 is 15.9 Å². The van der Waals surface area contributed by atoms with Gasteiger partial charge in [0.2, 0.25) is 0 Å². The van der Waals surface area contributed by atoms with Crippen LogP contribution in [0.3, 0.4) is 0 Å². The summed E-state index contributed by atoms with van der Waals surface area (Å²) < 4.78 is 1.17. The average molecular weight is 326 g/mol. The van der Waals surface area contributed by atoms with Crippen LogP contribution in [0, 0.1) is 13.8 Å². The van der Waals surface area contributed by atoms with E-state index < -0.39 is 0 Å². The second kappa shape index (κ2) is 8.63. The zero-order valence-electron chi connectivity index (χ0n) is 12.9. The first-order chi connectivity index (χ1) is 9.04. The topological polar surface area (TPSA) is 12.0 Å². The largest absolute Gasteiger partial charge is 0.382 e. The third-order valence-corrected chi connectivity index (χ3v) is 4.09. The van der Waals surface area contributed by atoms with Crippen molar-refractivity contribution in [3.8, 4) is 0 Å². The van der Waals surface area contributed by atoms with Gasteiger partial charge in [-0.05, 0) is 50.5 Å². The smallest absolute Gasteiger partial charge is 0.0402 e. The van der Waals surface area contributed by atoms with Crippen LogP contribution in [0.5, 0.6) is 0 Å². The van der Waals surface area contributed by atoms with E-state index in [1.807, 2.05) is 0 Å². The summed E-state index contributed by atoms with van der Waals surface area (Å²) in [6, 6.07) is 4.92. The van der Waals surface area contributed by atoms with Crippen LogP contribution in [0.2, 0.25) is 0 Å². The minimum Gasteiger partial charge on any atom is -0.382 e. The van der Waals surface area contributed by atoms with Crippen molar-refractivity contribution in [3.05, 3.63) is 27.7 Å². The fourth-order valence-corrected chi connectivity index (χ4v) is 3.20. The first-order valence-electron chi connectivity index (χ1n) is 7.58. The van der Waals surface area contributed by atoms with Gasteiger partial charge in [0.25, 0.3) is 0 Å². The first kappa shape index (κ1) is 16.6. The molecule has 108 valence electrons. The van der Waals surface area contributed by atoms with Crippen molar-refractivity contribution < 1.29 is 0 Å².